The maximum atomic E-state index is 11.5. The first-order chi connectivity index (χ1) is 9.06. The van der Waals surface area contributed by atoms with Crippen molar-refractivity contribution in [1.82, 2.24) is 0 Å². The fourth-order valence-electron chi connectivity index (χ4n) is 2.01. The van der Waals surface area contributed by atoms with Gasteiger partial charge in [-0.2, -0.15) is 0 Å². The van der Waals surface area contributed by atoms with Crippen LogP contribution in [0.1, 0.15) is 19.8 Å². The Balaban J connectivity index is 2.01. The van der Waals surface area contributed by atoms with Crippen molar-refractivity contribution < 1.29 is 14.3 Å². The number of carbonyl (C=O) groups excluding carboxylic acids is 1. The number of hydrogen-bond donors (Lipinski definition) is 2. The average molecular weight is 264 g/mol. The van der Waals surface area contributed by atoms with Crippen molar-refractivity contribution in [3.05, 3.63) is 24.3 Å². The van der Waals surface area contributed by atoms with E-state index < -0.39 is 11.4 Å². The van der Waals surface area contributed by atoms with Gasteiger partial charge in [-0.25, -0.2) is 0 Å². The van der Waals surface area contributed by atoms with Gasteiger partial charge in [0.1, 0.15) is 23.6 Å². The first-order valence-electron chi connectivity index (χ1n) is 6.50. The molecule has 5 nitrogen and oxygen atoms in total. The molecule has 1 saturated carbocycles. The summed E-state index contributed by atoms with van der Waals surface area (Å²) in [6.07, 6.45) is 1.86. The minimum absolute atomic E-state index is 0.0998. The predicted molar refractivity (Wildman–Crippen MR) is 71.9 cm³/mol. The molecule has 1 fully saturated rings. The van der Waals surface area contributed by atoms with Crippen LogP contribution in [0, 0.1) is 5.92 Å². The zero-order chi connectivity index (χ0) is 13.9. The molecular weight excluding hydrogens is 244 g/mol. The zero-order valence-corrected chi connectivity index (χ0v) is 11.1. The summed E-state index contributed by atoms with van der Waals surface area (Å²) >= 11 is 0. The van der Waals surface area contributed by atoms with Crippen molar-refractivity contribution in [2.24, 2.45) is 17.4 Å². The lowest BCUT2D eigenvalue weighted by Crippen LogP contribution is -2.58. The highest BCUT2D eigenvalue weighted by Crippen LogP contribution is 2.38. The molecule has 1 atom stereocenters. The maximum Gasteiger partial charge on any atom is 0.241 e. The molecule has 104 valence electrons. The lowest BCUT2D eigenvalue weighted by Gasteiger charge is -2.25. The first-order valence-corrected chi connectivity index (χ1v) is 6.50. The molecule has 1 aliphatic rings. The molecule has 1 aliphatic carbocycles. The van der Waals surface area contributed by atoms with E-state index in [-0.39, 0.29) is 12.5 Å². The molecule has 0 heterocycles. The van der Waals surface area contributed by atoms with E-state index in [2.05, 4.69) is 0 Å². The van der Waals surface area contributed by atoms with E-state index in [4.69, 9.17) is 20.9 Å². The summed E-state index contributed by atoms with van der Waals surface area (Å²) in [5.74, 6) is 0.992. The Bertz CT molecular complexity index is 460. The van der Waals surface area contributed by atoms with Crippen LogP contribution in [-0.2, 0) is 4.79 Å². The molecular formula is C14H20N2O3. The number of hydrogen-bond acceptors (Lipinski definition) is 4. The predicted octanol–water partition coefficient (Wildman–Crippen LogP) is 1.06. The first kappa shape index (κ1) is 13.7. The minimum atomic E-state index is -1.07. The van der Waals surface area contributed by atoms with Crippen molar-refractivity contribution in [2.75, 3.05) is 13.2 Å². The third-order valence-electron chi connectivity index (χ3n) is 3.36. The van der Waals surface area contributed by atoms with Crippen LogP contribution in [-0.4, -0.2) is 24.7 Å². The van der Waals surface area contributed by atoms with Crippen molar-refractivity contribution in [3.63, 3.8) is 0 Å². The van der Waals surface area contributed by atoms with E-state index >= 15 is 0 Å². The summed E-state index contributed by atoms with van der Waals surface area (Å²) in [6.45, 7) is 2.61. The second kappa shape index (κ2) is 5.48. The summed E-state index contributed by atoms with van der Waals surface area (Å²) in [6, 6.07) is 7.26. The van der Waals surface area contributed by atoms with Gasteiger partial charge in [-0.05, 0) is 37.8 Å². The normalized spacial score (nSPS) is 17.6. The SMILES string of the molecule is CCOc1cccc(OCC(N)(C(N)=O)C2CC2)c1. The molecule has 1 unspecified atom stereocenters. The van der Waals surface area contributed by atoms with Crippen molar-refractivity contribution in [2.45, 2.75) is 25.3 Å². The van der Waals surface area contributed by atoms with Crippen LogP contribution >= 0.6 is 0 Å². The monoisotopic (exact) mass is 264 g/mol. The van der Waals surface area contributed by atoms with Gasteiger partial charge in [0.05, 0.1) is 6.61 Å². The number of rotatable bonds is 7. The molecule has 2 rings (SSSR count). The summed E-state index contributed by atoms with van der Waals surface area (Å²) in [7, 11) is 0. The molecule has 1 aromatic carbocycles. The number of ether oxygens (including phenoxy) is 2. The molecule has 4 N–H and O–H groups in total. The van der Waals surface area contributed by atoms with Crippen molar-refractivity contribution in [1.29, 1.82) is 0 Å². The highest BCUT2D eigenvalue weighted by atomic mass is 16.5. The second-order valence-corrected chi connectivity index (χ2v) is 4.88. The van der Waals surface area contributed by atoms with E-state index in [1.807, 2.05) is 19.1 Å². The van der Waals surface area contributed by atoms with Crippen LogP contribution in [0.25, 0.3) is 0 Å². The Hall–Kier alpha value is -1.75. The third-order valence-corrected chi connectivity index (χ3v) is 3.36. The van der Waals surface area contributed by atoms with E-state index in [1.54, 1.807) is 12.1 Å². The van der Waals surface area contributed by atoms with Crippen LogP contribution in [0.5, 0.6) is 11.5 Å². The Morgan fingerprint density at radius 3 is 2.53 bits per heavy atom. The van der Waals surface area contributed by atoms with Crippen LogP contribution in [0.4, 0.5) is 0 Å². The summed E-state index contributed by atoms with van der Waals surface area (Å²) in [5, 5.41) is 0. The van der Waals surface area contributed by atoms with Gasteiger partial charge < -0.3 is 20.9 Å². The fraction of sp³-hybridized carbons (Fsp3) is 0.500. The third kappa shape index (κ3) is 3.17. The summed E-state index contributed by atoms with van der Waals surface area (Å²) < 4.78 is 11.0. The van der Waals surface area contributed by atoms with Gasteiger partial charge in [0.15, 0.2) is 0 Å². The van der Waals surface area contributed by atoms with Gasteiger partial charge in [-0.15, -0.1) is 0 Å². The van der Waals surface area contributed by atoms with E-state index in [0.29, 0.717) is 12.4 Å². The van der Waals surface area contributed by atoms with Crippen LogP contribution in [0.2, 0.25) is 0 Å². The Morgan fingerprint density at radius 1 is 1.37 bits per heavy atom. The fourth-order valence-corrected chi connectivity index (χ4v) is 2.01. The molecule has 0 bridgehead atoms. The molecule has 19 heavy (non-hydrogen) atoms. The Kier molecular flexibility index (Phi) is 3.95. The maximum absolute atomic E-state index is 11.5. The quantitative estimate of drug-likeness (QED) is 0.770. The topological polar surface area (TPSA) is 87.6 Å². The summed E-state index contributed by atoms with van der Waals surface area (Å²) in [4.78, 5) is 11.5. The number of primary amides is 1. The lowest BCUT2D eigenvalue weighted by atomic mass is 9.95. The molecule has 5 heteroatoms. The van der Waals surface area contributed by atoms with Gasteiger partial charge in [0.25, 0.3) is 0 Å². The van der Waals surface area contributed by atoms with Gasteiger partial charge in [-0.3, -0.25) is 4.79 Å². The van der Waals surface area contributed by atoms with Crippen LogP contribution in [0.15, 0.2) is 24.3 Å². The van der Waals surface area contributed by atoms with E-state index in [1.165, 1.54) is 0 Å². The molecule has 1 aromatic rings. The van der Waals surface area contributed by atoms with Crippen molar-refractivity contribution >= 4 is 5.91 Å². The largest absolute Gasteiger partial charge is 0.494 e. The molecule has 0 aromatic heterocycles. The van der Waals surface area contributed by atoms with E-state index in [9.17, 15) is 4.79 Å². The number of carbonyl (C=O) groups is 1. The molecule has 1 amide bonds. The zero-order valence-electron chi connectivity index (χ0n) is 11.1. The standard InChI is InChI=1S/C14H20N2O3/c1-2-18-11-4-3-5-12(8-11)19-9-14(16,13(15)17)10-6-7-10/h3-5,8,10H,2,6-7,9,16H2,1H3,(H2,15,17). The minimum Gasteiger partial charge on any atom is -0.494 e. The smallest absolute Gasteiger partial charge is 0.241 e. The lowest BCUT2D eigenvalue weighted by molar-refractivity contribution is -0.125. The highest BCUT2D eigenvalue weighted by Gasteiger charge is 2.47. The van der Waals surface area contributed by atoms with Gasteiger partial charge in [-0.1, -0.05) is 6.07 Å². The highest BCUT2D eigenvalue weighted by molar-refractivity contribution is 5.85. The second-order valence-electron chi connectivity index (χ2n) is 4.88. The van der Waals surface area contributed by atoms with Crippen LogP contribution in [0.3, 0.4) is 0 Å². The van der Waals surface area contributed by atoms with Gasteiger partial charge in [0, 0.05) is 6.07 Å². The number of nitrogens with two attached hydrogens (primary N) is 2. The van der Waals surface area contributed by atoms with E-state index in [0.717, 1.165) is 18.6 Å². The molecule has 0 aliphatic heterocycles. The Labute approximate surface area is 112 Å². The molecule has 0 saturated heterocycles. The Morgan fingerprint density at radius 2 is 2.00 bits per heavy atom. The summed E-state index contributed by atoms with van der Waals surface area (Å²) in [5.41, 5.74) is 10.4. The number of amides is 1. The number of benzene rings is 1. The molecule has 0 radical (unpaired) electrons. The molecule has 0 spiro atoms. The van der Waals surface area contributed by atoms with Crippen LogP contribution < -0.4 is 20.9 Å². The van der Waals surface area contributed by atoms with Gasteiger partial charge in [0.2, 0.25) is 5.91 Å². The van der Waals surface area contributed by atoms with Gasteiger partial charge >= 0.3 is 0 Å². The van der Waals surface area contributed by atoms with Crippen molar-refractivity contribution in [3.8, 4) is 11.5 Å². The average Bonchev–Trinajstić information content (AvgIpc) is 3.21.